The number of hydrogen-bond acceptors (Lipinski definition) is 9. The number of likely N-dealkylation sites (tertiary alicyclic amines) is 2. The highest BCUT2D eigenvalue weighted by Gasteiger charge is 2.19. The van der Waals surface area contributed by atoms with Crippen molar-refractivity contribution in [2.24, 2.45) is 5.73 Å². The highest BCUT2D eigenvalue weighted by Crippen LogP contribution is 2.24. The second-order valence-electron chi connectivity index (χ2n) is 15.6. The zero-order valence-corrected chi connectivity index (χ0v) is 36.8. The molecule has 0 atom stereocenters. The molecule has 2 aliphatic heterocycles. The van der Waals surface area contributed by atoms with Crippen molar-refractivity contribution >= 4 is 22.8 Å². The standard InChI is InChI=1S/C26H28N2O3.C13H9ClO2.C13H20N2O/c1-28-16-14-24(15-17-28)31-25-9-5-6-20(18-25)19-27-26(29)21-10-12-23(13-11-21)30-22-7-3-2-4-8-22;14-13(15)10-6-8-12(9-7-10)16-11-4-2-1-3-5-11;1-15-7-5-12(6-8-15)16-13-4-2-3-11(9-13)10-14/h2-13,18,24H,14-17,19H2,1H3,(H,27,29);1-9H;2-4,9,12H,5-8,10,14H2,1H3. The van der Waals surface area contributed by atoms with Crippen LogP contribution in [0, 0.1) is 0 Å². The molecule has 328 valence electrons. The Morgan fingerprint density at radius 2 is 0.937 bits per heavy atom. The van der Waals surface area contributed by atoms with Crippen molar-refractivity contribution < 1.29 is 28.5 Å². The Kier molecular flexibility index (Phi) is 18.0. The molecule has 10 nitrogen and oxygen atoms in total. The number of benzene rings is 6. The van der Waals surface area contributed by atoms with Crippen molar-refractivity contribution in [3.8, 4) is 34.5 Å². The lowest BCUT2D eigenvalue weighted by Gasteiger charge is -2.29. The number of piperidine rings is 2. The summed E-state index contributed by atoms with van der Waals surface area (Å²) < 4.78 is 23.4. The van der Waals surface area contributed by atoms with Gasteiger partial charge in [-0.2, -0.15) is 0 Å². The third-order valence-electron chi connectivity index (χ3n) is 10.6. The molecule has 0 aromatic heterocycles. The molecular weight excluding hydrogens is 812 g/mol. The van der Waals surface area contributed by atoms with Crippen LogP contribution < -0.4 is 30.0 Å². The zero-order valence-electron chi connectivity index (χ0n) is 36.0. The minimum absolute atomic E-state index is 0.118. The fourth-order valence-electron chi connectivity index (χ4n) is 6.93. The Morgan fingerprint density at radius 1 is 0.540 bits per heavy atom. The van der Waals surface area contributed by atoms with E-state index < -0.39 is 5.24 Å². The number of nitrogens with one attached hydrogen (secondary N) is 1. The molecule has 0 unspecified atom stereocenters. The Morgan fingerprint density at radius 3 is 1.38 bits per heavy atom. The van der Waals surface area contributed by atoms with Gasteiger partial charge >= 0.3 is 0 Å². The van der Waals surface area contributed by atoms with Crippen molar-refractivity contribution in [3.63, 3.8) is 0 Å². The average Bonchev–Trinajstić information content (AvgIpc) is 3.31. The van der Waals surface area contributed by atoms with Crippen LogP contribution in [0.2, 0.25) is 0 Å². The second-order valence-corrected chi connectivity index (χ2v) is 15.9. The van der Waals surface area contributed by atoms with Gasteiger partial charge in [0.1, 0.15) is 46.7 Å². The molecule has 0 spiro atoms. The summed E-state index contributed by atoms with van der Waals surface area (Å²) in [4.78, 5) is 28.0. The van der Waals surface area contributed by atoms with E-state index in [1.807, 2.05) is 109 Å². The predicted molar refractivity (Wildman–Crippen MR) is 250 cm³/mol. The summed E-state index contributed by atoms with van der Waals surface area (Å²) in [6.45, 7) is 5.41. The van der Waals surface area contributed by atoms with Crippen molar-refractivity contribution in [3.05, 3.63) is 180 Å². The molecule has 6 aromatic rings. The first kappa shape index (κ1) is 46.3. The van der Waals surface area contributed by atoms with Crippen molar-refractivity contribution in [1.82, 2.24) is 15.1 Å². The maximum atomic E-state index is 12.5. The van der Waals surface area contributed by atoms with Gasteiger partial charge in [0.15, 0.2) is 0 Å². The van der Waals surface area contributed by atoms with Gasteiger partial charge in [-0.15, -0.1) is 0 Å². The quantitative estimate of drug-likeness (QED) is 0.109. The molecule has 2 heterocycles. The second kappa shape index (κ2) is 24.5. The maximum Gasteiger partial charge on any atom is 0.252 e. The van der Waals surface area contributed by atoms with Crippen LogP contribution in [-0.2, 0) is 13.1 Å². The number of carbonyl (C=O) groups excluding carboxylic acids is 2. The monoisotopic (exact) mass is 868 g/mol. The fraction of sp³-hybridized carbons (Fsp3) is 0.269. The van der Waals surface area contributed by atoms with Crippen LogP contribution in [0.25, 0.3) is 0 Å². The Bertz CT molecular complexity index is 2280. The summed E-state index contributed by atoms with van der Waals surface area (Å²) in [6, 6.07) is 48.9. The highest BCUT2D eigenvalue weighted by atomic mass is 35.5. The molecule has 0 bridgehead atoms. The van der Waals surface area contributed by atoms with E-state index in [-0.39, 0.29) is 12.0 Å². The number of nitrogens with two attached hydrogens (primary N) is 1. The van der Waals surface area contributed by atoms with E-state index in [9.17, 15) is 9.59 Å². The van der Waals surface area contributed by atoms with Crippen LogP contribution in [0.5, 0.6) is 34.5 Å². The Balaban J connectivity index is 0.000000173. The highest BCUT2D eigenvalue weighted by molar-refractivity contribution is 6.67. The van der Waals surface area contributed by atoms with E-state index in [1.54, 1.807) is 48.5 Å². The van der Waals surface area contributed by atoms with Crippen LogP contribution in [0.4, 0.5) is 0 Å². The van der Waals surface area contributed by atoms with Gasteiger partial charge in [-0.3, -0.25) is 9.59 Å². The van der Waals surface area contributed by atoms with E-state index in [4.69, 9.17) is 36.3 Å². The molecule has 0 radical (unpaired) electrons. The van der Waals surface area contributed by atoms with Crippen LogP contribution >= 0.6 is 11.6 Å². The zero-order chi connectivity index (χ0) is 44.2. The van der Waals surface area contributed by atoms with Gasteiger partial charge in [-0.25, -0.2) is 0 Å². The molecule has 0 aliphatic carbocycles. The van der Waals surface area contributed by atoms with Crippen molar-refractivity contribution in [2.75, 3.05) is 40.3 Å². The van der Waals surface area contributed by atoms with Crippen LogP contribution in [0.1, 0.15) is 57.5 Å². The van der Waals surface area contributed by atoms with Gasteiger partial charge in [0.2, 0.25) is 0 Å². The average molecular weight is 870 g/mol. The van der Waals surface area contributed by atoms with Gasteiger partial charge in [0.05, 0.1) is 0 Å². The van der Waals surface area contributed by atoms with Crippen molar-refractivity contribution in [2.45, 2.75) is 51.0 Å². The molecule has 3 N–H and O–H groups in total. The minimum Gasteiger partial charge on any atom is -0.490 e. The summed E-state index contributed by atoms with van der Waals surface area (Å²) >= 11 is 5.34. The maximum absolute atomic E-state index is 12.5. The van der Waals surface area contributed by atoms with Gasteiger partial charge < -0.3 is 39.8 Å². The first-order valence-corrected chi connectivity index (χ1v) is 21.8. The van der Waals surface area contributed by atoms with E-state index in [0.717, 1.165) is 86.0 Å². The largest absolute Gasteiger partial charge is 0.490 e. The summed E-state index contributed by atoms with van der Waals surface area (Å²) in [5, 5.41) is 2.51. The first-order chi connectivity index (χ1) is 30.7. The summed E-state index contributed by atoms with van der Waals surface area (Å²) in [5.74, 6) is 4.60. The molecule has 8 rings (SSSR count). The predicted octanol–water partition coefficient (Wildman–Crippen LogP) is 10.4. The van der Waals surface area contributed by atoms with Gasteiger partial charge in [-0.05, 0) is 160 Å². The fourth-order valence-corrected chi connectivity index (χ4v) is 7.05. The summed E-state index contributed by atoms with van der Waals surface area (Å²) in [7, 11) is 4.30. The number of halogens is 1. The molecule has 11 heteroatoms. The molecular formula is C52H57ClN4O6. The SMILES string of the molecule is CN1CCC(Oc2cccc(CN)c2)CC1.CN1CCC(Oc2cccc(CNC(=O)c3ccc(Oc4ccccc4)cc3)c2)CC1.O=C(Cl)c1ccc(Oc2ccccc2)cc1. The number of rotatable bonds is 13. The minimum atomic E-state index is -0.466. The normalized spacial score (nSPS) is 14.5. The summed E-state index contributed by atoms with van der Waals surface area (Å²) in [6.07, 6.45) is 4.94. The number of ether oxygens (including phenoxy) is 4. The van der Waals surface area contributed by atoms with Crippen LogP contribution in [0.3, 0.4) is 0 Å². The molecule has 2 saturated heterocycles. The molecule has 63 heavy (non-hydrogen) atoms. The number of nitrogens with zero attached hydrogens (tertiary/aromatic N) is 2. The van der Waals surface area contributed by atoms with Crippen molar-refractivity contribution in [1.29, 1.82) is 0 Å². The van der Waals surface area contributed by atoms with E-state index in [2.05, 4.69) is 29.2 Å². The third-order valence-corrected chi connectivity index (χ3v) is 10.8. The lowest BCUT2D eigenvalue weighted by Crippen LogP contribution is -2.35. The van der Waals surface area contributed by atoms with Gasteiger partial charge in [0, 0.05) is 50.4 Å². The summed E-state index contributed by atoms with van der Waals surface area (Å²) in [5.41, 5.74) is 8.81. The topological polar surface area (TPSA) is 116 Å². The number of carbonyl (C=O) groups is 2. The van der Waals surface area contributed by atoms with E-state index in [0.29, 0.717) is 41.8 Å². The number of hydrogen-bond donors (Lipinski definition) is 2. The molecule has 1 amide bonds. The number of amides is 1. The lowest BCUT2D eigenvalue weighted by atomic mass is 10.1. The molecule has 6 aromatic carbocycles. The molecule has 2 fully saturated rings. The first-order valence-electron chi connectivity index (χ1n) is 21.4. The van der Waals surface area contributed by atoms with Crippen LogP contribution in [-0.4, -0.2) is 73.4 Å². The molecule has 2 aliphatic rings. The molecule has 0 saturated carbocycles. The van der Waals surface area contributed by atoms with Gasteiger partial charge in [-0.1, -0.05) is 60.7 Å². The van der Waals surface area contributed by atoms with Gasteiger partial charge in [0.25, 0.3) is 11.1 Å². The van der Waals surface area contributed by atoms with E-state index in [1.165, 1.54) is 0 Å². The lowest BCUT2D eigenvalue weighted by molar-refractivity contribution is 0.0950. The Hall–Kier alpha value is -6.17. The third kappa shape index (κ3) is 15.9. The number of para-hydroxylation sites is 2. The van der Waals surface area contributed by atoms with Crippen LogP contribution in [0.15, 0.2) is 158 Å². The van der Waals surface area contributed by atoms with E-state index >= 15 is 0 Å². The Labute approximate surface area is 376 Å². The smallest absolute Gasteiger partial charge is 0.252 e.